The lowest BCUT2D eigenvalue weighted by Gasteiger charge is -2.13. The van der Waals surface area contributed by atoms with Crippen molar-refractivity contribution in [2.24, 2.45) is 0 Å². The number of carbonyl (C=O) groups excluding carboxylic acids is 1. The van der Waals surface area contributed by atoms with Gasteiger partial charge in [0.25, 0.3) is 5.56 Å². The maximum absolute atomic E-state index is 13.0. The summed E-state index contributed by atoms with van der Waals surface area (Å²) in [5, 5.41) is 2.83. The van der Waals surface area contributed by atoms with Crippen molar-refractivity contribution in [1.82, 2.24) is 15.3 Å². The molecule has 0 aliphatic carbocycles. The Bertz CT molecular complexity index is 1070. The van der Waals surface area contributed by atoms with Crippen molar-refractivity contribution in [3.8, 4) is 0 Å². The average molecular weight is 433 g/mol. The van der Waals surface area contributed by atoms with Gasteiger partial charge < -0.3 is 10.3 Å². The van der Waals surface area contributed by atoms with Crippen LogP contribution in [0, 0.1) is 0 Å². The Labute approximate surface area is 174 Å². The van der Waals surface area contributed by atoms with Gasteiger partial charge in [0.15, 0.2) is 5.16 Å². The Balaban J connectivity index is 1.62. The largest absolute Gasteiger partial charge is 0.416 e. The molecule has 0 saturated carbocycles. The van der Waals surface area contributed by atoms with Crippen LogP contribution in [0.3, 0.4) is 0 Å². The topological polar surface area (TPSA) is 74.8 Å². The van der Waals surface area contributed by atoms with E-state index < -0.39 is 23.2 Å². The number of hydrogen-bond donors (Lipinski definition) is 2. The highest BCUT2D eigenvalue weighted by Gasteiger charge is 2.32. The minimum atomic E-state index is -4.50. The molecule has 0 fully saturated rings. The number of rotatable bonds is 7. The van der Waals surface area contributed by atoms with Gasteiger partial charge in [0.05, 0.1) is 17.7 Å². The minimum absolute atomic E-state index is 0.0312. The zero-order valence-electron chi connectivity index (χ0n) is 15.7. The van der Waals surface area contributed by atoms with Crippen LogP contribution in [0.4, 0.5) is 13.2 Å². The molecular weight excluding hydrogens is 415 g/mol. The van der Waals surface area contributed by atoms with Gasteiger partial charge >= 0.3 is 6.18 Å². The molecule has 0 radical (unpaired) electrons. The van der Waals surface area contributed by atoms with E-state index >= 15 is 0 Å². The fraction of sp³-hybridized carbons (Fsp3) is 0.190. The lowest BCUT2D eigenvalue weighted by atomic mass is 10.1. The molecule has 1 aromatic heterocycles. The highest BCUT2D eigenvalue weighted by molar-refractivity contribution is 7.98. The molecule has 9 heteroatoms. The second-order valence-electron chi connectivity index (χ2n) is 6.42. The predicted molar refractivity (Wildman–Crippen MR) is 108 cm³/mol. The molecule has 0 unspecified atom stereocenters. The van der Waals surface area contributed by atoms with Gasteiger partial charge in [-0.05, 0) is 17.2 Å². The van der Waals surface area contributed by atoms with E-state index in [-0.39, 0.29) is 24.2 Å². The van der Waals surface area contributed by atoms with Crippen molar-refractivity contribution in [1.29, 1.82) is 0 Å². The number of thioether (sulfide) groups is 1. The van der Waals surface area contributed by atoms with Gasteiger partial charge in [-0.1, -0.05) is 60.3 Å². The molecule has 0 aliphatic rings. The molecule has 0 bridgehead atoms. The molecule has 156 valence electrons. The lowest BCUT2D eigenvalue weighted by Crippen LogP contribution is -2.27. The maximum atomic E-state index is 13.0. The number of nitrogens with zero attached hydrogens (tertiary/aromatic N) is 1. The molecule has 3 aromatic rings. The molecule has 30 heavy (non-hydrogen) atoms. The van der Waals surface area contributed by atoms with Crippen molar-refractivity contribution >= 4 is 17.7 Å². The van der Waals surface area contributed by atoms with E-state index in [1.54, 1.807) is 0 Å². The highest BCUT2D eigenvalue weighted by Crippen LogP contribution is 2.31. The first-order valence-electron chi connectivity index (χ1n) is 9.00. The zero-order chi connectivity index (χ0) is 21.6. The SMILES string of the molecule is O=C(Cc1cc(=O)[nH]c(SCc2ccccc2)n1)NCc1ccccc1C(F)(F)F. The Morgan fingerprint density at radius 1 is 1.07 bits per heavy atom. The molecule has 0 saturated heterocycles. The summed E-state index contributed by atoms with van der Waals surface area (Å²) in [5.74, 6) is 0.0669. The van der Waals surface area contributed by atoms with E-state index in [9.17, 15) is 22.8 Å². The zero-order valence-corrected chi connectivity index (χ0v) is 16.5. The monoisotopic (exact) mass is 433 g/mol. The van der Waals surface area contributed by atoms with Gasteiger partial charge in [0.2, 0.25) is 5.91 Å². The third kappa shape index (κ3) is 6.21. The number of hydrogen-bond acceptors (Lipinski definition) is 4. The van der Waals surface area contributed by atoms with Gasteiger partial charge in [-0.3, -0.25) is 9.59 Å². The first-order chi connectivity index (χ1) is 14.3. The van der Waals surface area contributed by atoms with Crippen LogP contribution in [0.5, 0.6) is 0 Å². The van der Waals surface area contributed by atoms with Gasteiger partial charge in [-0.15, -0.1) is 0 Å². The van der Waals surface area contributed by atoms with E-state index in [1.165, 1.54) is 36.0 Å². The van der Waals surface area contributed by atoms with Crippen LogP contribution in [0.1, 0.15) is 22.4 Å². The smallest absolute Gasteiger partial charge is 0.352 e. The van der Waals surface area contributed by atoms with Gasteiger partial charge in [-0.2, -0.15) is 13.2 Å². The number of H-pyrrole nitrogens is 1. The Kier molecular flexibility index (Phi) is 6.94. The summed E-state index contributed by atoms with van der Waals surface area (Å²) in [4.78, 5) is 30.9. The summed E-state index contributed by atoms with van der Waals surface area (Å²) in [6.45, 7) is -0.271. The molecule has 5 nitrogen and oxygen atoms in total. The molecule has 0 aliphatic heterocycles. The van der Waals surface area contributed by atoms with Crippen LogP contribution in [-0.4, -0.2) is 15.9 Å². The van der Waals surface area contributed by atoms with Crippen LogP contribution in [-0.2, 0) is 29.7 Å². The van der Waals surface area contributed by atoms with Crippen LogP contribution in [0.25, 0.3) is 0 Å². The summed E-state index contributed by atoms with van der Waals surface area (Å²) < 4.78 is 39.1. The number of benzene rings is 2. The van der Waals surface area contributed by atoms with E-state index in [1.807, 2.05) is 30.3 Å². The lowest BCUT2D eigenvalue weighted by molar-refractivity contribution is -0.138. The fourth-order valence-electron chi connectivity index (χ4n) is 2.74. The number of nitrogens with one attached hydrogen (secondary N) is 2. The highest BCUT2D eigenvalue weighted by atomic mass is 32.2. The first kappa shape index (κ1) is 21.6. The van der Waals surface area contributed by atoms with Crippen LogP contribution < -0.4 is 10.9 Å². The normalized spacial score (nSPS) is 11.3. The van der Waals surface area contributed by atoms with Crippen molar-refractivity contribution in [3.05, 3.63) is 93.4 Å². The molecule has 2 N–H and O–H groups in total. The number of aromatic amines is 1. The van der Waals surface area contributed by atoms with Gasteiger partial charge in [0.1, 0.15) is 0 Å². The Morgan fingerprint density at radius 2 is 1.77 bits per heavy atom. The first-order valence-corrected chi connectivity index (χ1v) is 9.98. The number of alkyl halides is 3. The standard InChI is InChI=1S/C21H18F3N3O2S/c22-21(23,24)17-9-5-4-8-15(17)12-25-18(28)10-16-11-19(29)27-20(26-16)30-13-14-6-2-1-3-7-14/h1-9,11H,10,12-13H2,(H,25,28)(H,26,27,29). The van der Waals surface area contributed by atoms with Crippen molar-refractivity contribution in [2.75, 3.05) is 0 Å². The average Bonchev–Trinajstić information content (AvgIpc) is 2.71. The van der Waals surface area contributed by atoms with Crippen LogP contribution >= 0.6 is 11.8 Å². The van der Waals surface area contributed by atoms with E-state index in [2.05, 4.69) is 15.3 Å². The number of amides is 1. The molecule has 0 atom stereocenters. The summed E-state index contributed by atoms with van der Waals surface area (Å²) in [7, 11) is 0. The van der Waals surface area contributed by atoms with Crippen molar-refractivity contribution in [3.63, 3.8) is 0 Å². The summed E-state index contributed by atoms with van der Waals surface area (Å²) >= 11 is 1.32. The molecule has 1 amide bonds. The predicted octanol–water partition coefficient (Wildman–Crippen LogP) is 3.94. The molecule has 1 heterocycles. The summed E-state index contributed by atoms with van der Waals surface area (Å²) in [6.07, 6.45) is -4.71. The number of aromatic nitrogens is 2. The number of carbonyl (C=O) groups is 1. The quantitative estimate of drug-likeness (QED) is 0.437. The van der Waals surface area contributed by atoms with Crippen molar-refractivity contribution in [2.45, 2.75) is 30.1 Å². The van der Waals surface area contributed by atoms with Gasteiger partial charge in [-0.25, -0.2) is 4.98 Å². The summed E-state index contributed by atoms with van der Waals surface area (Å²) in [6, 6.07) is 15.9. The Morgan fingerprint density at radius 3 is 2.50 bits per heavy atom. The van der Waals surface area contributed by atoms with Crippen molar-refractivity contribution < 1.29 is 18.0 Å². The van der Waals surface area contributed by atoms with E-state index in [4.69, 9.17) is 0 Å². The third-order valence-corrected chi connectivity index (χ3v) is 5.08. The van der Waals surface area contributed by atoms with Crippen LogP contribution in [0.15, 0.2) is 70.6 Å². The van der Waals surface area contributed by atoms with Gasteiger partial charge in [0, 0.05) is 18.4 Å². The molecular formula is C21H18F3N3O2S. The molecule has 0 spiro atoms. The summed E-state index contributed by atoms with van der Waals surface area (Å²) in [5.41, 5.74) is 0.0776. The minimum Gasteiger partial charge on any atom is -0.352 e. The second-order valence-corrected chi connectivity index (χ2v) is 7.39. The van der Waals surface area contributed by atoms with E-state index in [0.717, 1.165) is 11.6 Å². The number of halogens is 3. The Hall–Kier alpha value is -3.07. The molecule has 3 rings (SSSR count). The fourth-order valence-corrected chi connectivity index (χ4v) is 3.59. The van der Waals surface area contributed by atoms with E-state index in [0.29, 0.717) is 10.9 Å². The second kappa shape index (κ2) is 9.62. The van der Waals surface area contributed by atoms with Crippen LogP contribution in [0.2, 0.25) is 0 Å². The third-order valence-electron chi connectivity index (χ3n) is 4.13. The maximum Gasteiger partial charge on any atom is 0.416 e. The molecule has 2 aromatic carbocycles.